The van der Waals surface area contributed by atoms with Crippen molar-refractivity contribution >= 4 is 21.7 Å². The van der Waals surface area contributed by atoms with E-state index in [0.29, 0.717) is 11.0 Å². The van der Waals surface area contributed by atoms with Crippen LogP contribution in [0.2, 0.25) is 0 Å². The molecule has 92 valence electrons. The highest BCUT2D eigenvalue weighted by molar-refractivity contribution is 6.04. The van der Waals surface area contributed by atoms with Gasteiger partial charge in [-0.25, -0.2) is 4.79 Å². The molecular weight excluding hydrogens is 224 g/mol. The summed E-state index contributed by atoms with van der Waals surface area (Å²) in [6.07, 6.45) is 0. The zero-order valence-corrected chi connectivity index (χ0v) is 10.9. The van der Waals surface area contributed by atoms with Crippen molar-refractivity contribution in [3.63, 3.8) is 0 Å². The predicted molar refractivity (Wildman–Crippen MR) is 76.1 cm³/mol. The fourth-order valence-electron chi connectivity index (χ4n) is 1.99. The van der Waals surface area contributed by atoms with E-state index in [1.807, 2.05) is 63.2 Å². The first-order valence-corrected chi connectivity index (χ1v) is 6.18. The van der Waals surface area contributed by atoms with Crippen LogP contribution in [0.1, 0.15) is 19.4 Å². The molecule has 0 unspecified atom stereocenters. The Morgan fingerprint density at radius 3 is 2.39 bits per heavy atom. The Bertz CT molecular complexity index is 739. The predicted octanol–water partition coefficient (Wildman–Crippen LogP) is 4.28. The van der Waals surface area contributed by atoms with E-state index < -0.39 is 0 Å². The summed E-state index contributed by atoms with van der Waals surface area (Å²) in [5.41, 5.74) is 1.52. The smallest absolute Gasteiger partial charge is 0.344 e. The van der Waals surface area contributed by atoms with Crippen LogP contribution in [0.4, 0.5) is 0 Å². The molecule has 0 amide bonds. The van der Waals surface area contributed by atoms with Gasteiger partial charge in [0.15, 0.2) is 0 Å². The number of aryl methyl sites for hydroxylation is 1. The maximum Gasteiger partial charge on any atom is 0.344 e. The molecule has 2 nitrogen and oxygen atoms in total. The fourth-order valence-corrected chi connectivity index (χ4v) is 1.99. The van der Waals surface area contributed by atoms with Gasteiger partial charge in [-0.15, -0.1) is 0 Å². The van der Waals surface area contributed by atoms with Crippen LogP contribution in [0.3, 0.4) is 0 Å². The average Bonchev–Trinajstić information content (AvgIpc) is 2.41. The van der Waals surface area contributed by atoms with Crippen molar-refractivity contribution in [1.82, 2.24) is 0 Å². The van der Waals surface area contributed by atoms with Gasteiger partial charge in [-0.05, 0) is 19.1 Å². The van der Waals surface area contributed by atoms with E-state index in [2.05, 4.69) is 0 Å². The minimum atomic E-state index is -0.270. The first-order chi connectivity index (χ1) is 8.75. The van der Waals surface area contributed by atoms with Crippen molar-refractivity contribution in [3.8, 4) is 0 Å². The molecule has 0 bridgehead atoms. The van der Waals surface area contributed by atoms with Gasteiger partial charge in [0.25, 0.3) is 0 Å². The molecule has 0 radical (unpaired) electrons. The second-order valence-electron chi connectivity index (χ2n) is 3.93. The number of hydrogen-bond acceptors (Lipinski definition) is 2. The fraction of sp³-hybridized carbons (Fsp3) is 0.188. The van der Waals surface area contributed by atoms with Crippen LogP contribution in [-0.4, -0.2) is 0 Å². The third-order valence-electron chi connectivity index (χ3n) is 2.77. The summed E-state index contributed by atoms with van der Waals surface area (Å²) in [6, 6.07) is 13.4. The van der Waals surface area contributed by atoms with Crippen LogP contribution in [0.15, 0.2) is 51.7 Å². The Hall–Kier alpha value is -2.09. The molecule has 0 spiro atoms. The molecule has 3 rings (SSSR count). The monoisotopic (exact) mass is 240 g/mol. The summed E-state index contributed by atoms with van der Waals surface area (Å²) in [7, 11) is 0. The van der Waals surface area contributed by atoms with Gasteiger partial charge in [-0.1, -0.05) is 49.7 Å². The van der Waals surface area contributed by atoms with Crippen molar-refractivity contribution < 1.29 is 4.42 Å². The number of hydrogen-bond donors (Lipinski definition) is 0. The average molecular weight is 240 g/mol. The molecular formula is C16H16O2. The molecule has 0 aliphatic carbocycles. The molecule has 0 saturated carbocycles. The van der Waals surface area contributed by atoms with Gasteiger partial charge in [-0.2, -0.15) is 0 Å². The quantitative estimate of drug-likeness (QED) is 0.433. The maximum absolute atomic E-state index is 11.7. The summed E-state index contributed by atoms with van der Waals surface area (Å²) >= 11 is 0. The van der Waals surface area contributed by atoms with Crippen LogP contribution in [-0.2, 0) is 0 Å². The molecule has 0 atom stereocenters. The van der Waals surface area contributed by atoms with Gasteiger partial charge in [0, 0.05) is 10.8 Å². The van der Waals surface area contributed by atoms with Crippen molar-refractivity contribution in [2.45, 2.75) is 20.8 Å². The van der Waals surface area contributed by atoms with Crippen LogP contribution in [0.5, 0.6) is 0 Å². The number of benzene rings is 2. The third-order valence-corrected chi connectivity index (χ3v) is 2.77. The second-order valence-corrected chi connectivity index (χ2v) is 3.93. The topological polar surface area (TPSA) is 30.2 Å². The normalized spacial score (nSPS) is 10.2. The lowest BCUT2D eigenvalue weighted by molar-refractivity contribution is 0.569. The van der Waals surface area contributed by atoms with Gasteiger partial charge in [0.1, 0.15) is 5.58 Å². The lowest BCUT2D eigenvalue weighted by Crippen LogP contribution is -1.99. The van der Waals surface area contributed by atoms with Crippen LogP contribution in [0.25, 0.3) is 21.7 Å². The van der Waals surface area contributed by atoms with E-state index in [4.69, 9.17) is 4.42 Å². The molecule has 0 N–H and O–H groups in total. The first kappa shape index (κ1) is 12.4. The highest BCUT2D eigenvalue weighted by Gasteiger charge is 2.05. The molecule has 2 aromatic carbocycles. The maximum atomic E-state index is 11.7. The Balaban J connectivity index is 0.000000574. The van der Waals surface area contributed by atoms with Crippen LogP contribution < -0.4 is 5.63 Å². The molecule has 2 heteroatoms. The Kier molecular flexibility index (Phi) is 3.47. The molecule has 0 aliphatic heterocycles. The Morgan fingerprint density at radius 1 is 0.889 bits per heavy atom. The van der Waals surface area contributed by atoms with E-state index in [-0.39, 0.29) is 5.63 Å². The van der Waals surface area contributed by atoms with E-state index in [0.717, 1.165) is 16.3 Å². The number of fused-ring (bicyclic) bond motifs is 3. The van der Waals surface area contributed by atoms with E-state index in [9.17, 15) is 4.79 Å². The SMILES string of the molecule is CC.Cc1ccc2c(=O)oc3ccccc3c2c1. The third kappa shape index (κ3) is 2.02. The first-order valence-electron chi connectivity index (χ1n) is 6.18. The van der Waals surface area contributed by atoms with Crippen LogP contribution in [0, 0.1) is 6.92 Å². The van der Waals surface area contributed by atoms with Crippen LogP contribution >= 0.6 is 0 Å². The largest absolute Gasteiger partial charge is 0.422 e. The second kappa shape index (κ2) is 5.05. The molecule has 0 saturated heterocycles. The van der Waals surface area contributed by atoms with Crippen molar-refractivity contribution in [3.05, 3.63) is 58.4 Å². The van der Waals surface area contributed by atoms with E-state index >= 15 is 0 Å². The lowest BCUT2D eigenvalue weighted by Gasteiger charge is -2.02. The summed E-state index contributed by atoms with van der Waals surface area (Å²) in [5.74, 6) is 0. The van der Waals surface area contributed by atoms with Gasteiger partial charge < -0.3 is 4.42 Å². The molecule has 1 aromatic heterocycles. The summed E-state index contributed by atoms with van der Waals surface area (Å²) in [6.45, 7) is 6.02. The van der Waals surface area contributed by atoms with Crippen molar-refractivity contribution in [2.24, 2.45) is 0 Å². The summed E-state index contributed by atoms with van der Waals surface area (Å²) < 4.78 is 5.26. The highest BCUT2D eigenvalue weighted by atomic mass is 16.4. The van der Waals surface area contributed by atoms with Gasteiger partial charge >= 0.3 is 5.63 Å². The zero-order valence-electron chi connectivity index (χ0n) is 10.9. The lowest BCUT2D eigenvalue weighted by atomic mass is 10.1. The van der Waals surface area contributed by atoms with E-state index in [1.54, 1.807) is 0 Å². The number of rotatable bonds is 0. The zero-order chi connectivity index (χ0) is 13.1. The van der Waals surface area contributed by atoms with Gasteiger partial charge in [-0.3, -0.25) is 0 Å². The minimum Gasteiger partial charge on any atom is -0.422 e. The standard InChI is InChI=1S/C14H10O2.C2H6/c1-9-6-7-11-12(8-9)10-4-2-3-5-13(10)16-14(11)15;1-2/h2-8H,1H3;1-2H3. The molecule has 3 aromatic rings. The molecule has 18 heavy (non-hydrogen) atoms. The van der Waals surface area contributed by atoms with Crippen molar-refractivity contribution in [1.29, 1.82) is 0 Å². The summed E-state index contributed by atoms with van der Waals surface area (Å²) in [5, 5.41) is 2.59. The molecule has 1 heterocycles. The Labute approximate surface area is 106 Å². The van der Waals surface area contributed by atoms with Gasteiger partial charge in [0.2, 0.25) is 0 Å². The highest BCUT2D eigenvalue weighted by Crippen LogP contribution is 2.23. The van der Waals surface area contributed by atoms with E-state index in [1.165, 1.54) is 0 Å². The summed E-state index contributed by atoms with van der Waals surface area (Å²) in [4.78, 5) is 11.7. The number of para-hydroxylation sites is 1. The Morgan fingerprint density at radius 2 is 1.61 bits per heavy atom. The minimum absolute atomic E-state index is 0.270. The molecule has 0 fully saturated rings. The van der Waals surface area contributed by atoms with Gasteiger partial charge in [0.05, 0.1) is 5.39 Å². The van der Waals surface area contributed by atoms with Crippen molar-refractivity contribution in [2.75, 3.05) is 0 Å². The molecule has 0 aliphatic rings.